The summed E-state index contributed by atoms with van der Waals surface area (Å²) in [5, 5.41) is 0.761. The Morgan fingerprint density at radius 3 is 2.50 bits per heavy atom. The third kappa shape index (κ3) is 2.70. The van der Waals surface area contributed by atoms with Gasteiger partial charge in [0, 0.05) is 5.56 Å². The van der Waals surface area contributed by atoms with Crippen LogP contribution >= 0.6 is 11.8 Å². The minimum Gasteiger partial charge on any atom is -0.287 e. The minimum absolute atomic E-state index is 0.0409. The van der Waals surface area contributed by atoms with Crippen LogP contribution in [0.5, 0.6) is 0 Å². The van der Waals surface area contributed by atoms with Crippen molar-refractivity contribution in [3.05, 3.63) is 35.9 Å². The maximum absolute atomic E-state index is 12.4. The van der Waals surface area contributed by atoms with E-state index in [1.165, 1.54) is 0 Å². The van der Waals surface area contributed by atoms with Gasteiger partial charge in [-0.15, -0.1) is 11.8 Å². The van der Waals surface area contributed by atoms with E-state index in [1.807, 2.05) is 51.1 Å². The van der Waals surface area contributed by atoms with Crippen LogP contribution in [0, 0.1) is 0 Å². The average Bonchev–Trinajstić information content (AvgIpc) is 2.65. The summed E-state index contributed by atoms with van der Waals surface area (Å²) >= 11 is 1.57. The molecule has 94 valence electrons. The molecule has 0 atom stereocenters. The standard InChI is InChI=1S/C14H16N2OS/c1-4-18-13-11(15-14(2,3)16-13)12(17)10-8-6-5-7-9-10/h5-9H,4H2,1-3H3. The lowest BCUT2D eigenvalue weighted by Gasteiger charge is -2.07. The fourth-order valence-electron chi connectivity index (χ4n) is 1.76. The molecular formula is C14H16N2OS. The molecule has 0 fully saturated rings. The molecule has 2 rings (SSSR count). The lowest BCUT2D eigenvalue weighted by atomic mass is 10.1. The van der Waals surface area contributed by atoms with Gasteiger partial charge in [0.25, 0.3) is 0 Å². The summed E-state index contributed by atoms with van der Waals surface area (Å²) in [6.45, 7) is 5.87. The maximum Gasteiger partial charge on any atom is 0.213 e. The second-order valence-electron chi connectivity index (χ2n) is 4.50. The number of aliphatic imine (C=N–C) groups is 2. The molecule has 0 bridgehead atoms. The molecule has 1 aliphatic rings. The Labute approximate surface area is 111 Å². The molecule has 0 amide bonds. The van der Waals surface area contributed by atoms with Gasteiger partial charge >= 0.3 is 0 Å². The van der Waals surface area contributed by atoms with Gasteiger partial charge in [0.1, 0.15) is 16.4 Å². The Morgan fingerprint density at radius 2 is 1.89 bits per heavy atom. The third-order valence-electron chi connectivity index (χ3n) is 2.50. The Bertz CT molecular complexity index is 518. The molecule has 0 N–H and O–H groups in total. The number of Topliss-reactive ketones (excluding diaryl/α,β-unsaturated/α-hetero) is 1. The van der Waals surface area contributed by atoms with Gasteiger partial charge in [0.05, 0.1) is 0 Å². The number of hydrogen-bond donors (Lipinski definition) is 0. The molecule has 0 aliphatic carbocycles. The summed E-state index contributed by atoms with van der Waals surface area (Å²) in [4.78, 5) is 21.3. The Hall–Kier alpha value is -1.42. The molecule has 18 heavy (non-hydrogen) atoms. The van der Waals surface area contributed by atoms with Crippen LogP contribution in [-0.2, 0) is 0 Å². The second-order valence-corrected chi connectivity index (χ2v) is 5.75. The zero-order valence-electron chi connectivity index (χ0n) is 10.8. The first-order chi connectivity index (χ1) is 8.53. The molecule has 0 unspecified atom stereocenters. The van der Waals surface area contributed by atoms with Gasteiger partial charge in [0.2, 0.25) is 5.78 Å². The first-order valence-electron chi connectivity index (χ1n) is 5.96. The predicted octanol–water partition coefficient (Wildman–Crippen LogP) is 3.21. The van der Waals surface area contributed by atoms with Gasteiger partial charge in [-0.1, -0.05) is 37.3 Å². The van der Waals surface area contributed by atoms with E-state index in [2.05, 4.69) is 9.98 Å². The zero-order valence-corrected chi connectivity index (χ0v) is 11.6. The normalized spacial score (nSPS) is 17.3. The summed E-state index contributed by atoms with van der Waals surface area (Å²) < 4.78 is 0. The van der Waals surface area contributed by atoms with Crippen molar-refractivity contribution in [2.24, 2.45) is 9.98 Å². The molecule has 4 heteroatoms. The van der Waals surface area contributed by atoms with Crippen molar-refractivity contribution in [3.8, 4) is 0 Å². The van der Waals surface area contributed by atoms with Crippen LogP contribution in [0.2, 0.25) is 0 Å². The van der Waals surface area contributed by atoms with Crippen LogP contribution in [0.1, 0.15) is 31.1 Å². The van der Waals surface area contributed by atoms with Gasteiger partial charge in [-0.05, 0) is 19.6 Å². The molecule has 0 saturated carbocycles. The highest BCUT2D eigenvalue weighted by Crippen LogP contribution is 2.25. The number of benzene rings is 1. The van der Waals surface area contributed by atoms with E-state index in [4.69, 9.17) is 0 Å². The molecule has 0 spiro atoms. The number of ketones is 1. The van der Waals surface area contributed by atoms with E-state index in [1.54, 1.807) is 11.8 Å². The monoisotopic (exact) mass is 260 g/mol. The zero-order chi connectivity index (χ0) is 13.2. The molecule has 3 nitrogen and oxygen atoms in total. The van der Waals surface area contributed by atoms with Gasteiger partial charge in [0.15, 0.2) is 0 Å². The average molecular weight is 260 g/mol. The maximum atomic E-state index is 12.4. The molecule has 0 aromatic heterocycles. The van der Waals surface area contributed by atoms with Crippen molar-refractivity contribution < 1.29 is 4.79 Å². The lowest BCUT2D eigenvalue weighted by molar-refractivity contribution is 0.106. The Balaban J connectivity index is 2.33. The van der Waals surface area contributed by atoms with Crippen LogP contribution in [0.4, 0.5) is 0 Å². The Kier molecular flexibility index (Phi) is 3.66. The largest absolute Gasteiger partial charge is 0.287 e. The fraction of sp³-hybridized carbons (Fsp3) is 0.357. The fourth-order valence-corrected chi connectivity index (χ4v) is 2.60. The van der Waals surface area contributed by atoms with Gasteiger partial charge in [-0.3, -0.25) is 4.79 Å². The van der Waals surface area contributed by atoms with Crippen LogP contribution in [0.15, 0.2) is 40.3 Å². The van der Waals surface area contributed by atoms with Crippen molar-refractivity contribution >= 4 is 28.3 Å². The topological polar surface area (TPSA) is 41.8 Å². The smallest absolute Gasteiger partial charge is 0.213 e. The number of carbonyl (C=O) groups is 1. The van der Waals surface area contributed by atoms with Gasteiger partial charge in [-0.25, -0.2) is 9.98 Å². The van der Waals surface area contributed by atoms with E-state index in [0.717, 1.165) is 10.8 Å². The summed E-state index contributed by atoms with van der Waals surface area (Å²) in [5.41, 5.74) is 0.647. The van der Waals surface area contributed by atoms with Crippen molar-refractivity contribution in [3.63, 3.8) is 0 Å². The predicted molar refractivity (Wildman–Crippen MR) is 77.9 cm³/mol. The summed E-state index contributed by atoms with van der Waals surface area (Å²) in [6.07, 6.45) is 0. The third-order valence-corrected chi connectivity index (χ3v) is 3.34. The molecule has 0 radical (unpaired) electrons. The molecule has 1 aliphatic heterocycles. The second kappa shape index (κ2) is 5.06. The first-order valence-corrected chi connectivity index (χ1v) is 6.94. The first kappa shape index (κ1) is 13.0. The van der Waals surface area contributed by atoms with Gasteiger partial charge < -0.3 is 0 Å². The van der Waals surface area contributed by atoms with Crippen molar-refractivity contribution in [1.82, 2.24) is 0 Å². The van der Waals surface area contributed by atoms with E-state index in [9.17, 15) is 4.79 Å². The van der Waals surface area contributed by atoms with Crippen LogP contribution in [0.3, 0.4) is 0 Å². The SMILES string of the molecule is CCSC1=NC(C)(C)N=C1C(=O)c1ccccc1. The minimum atomic E-state index is -0.517. The van der Waals surface area contributed by atoms with E-state index < -0.39 is 5.66 Å². The summed E-state index contributed by atoms with van der Waals surface area (Å²) in [6, 6.07) is 9.23. The van der Waals surface area contributed by atoms with Crippen LogP contribution < -0.4 is 0 Å². The van der Waals surface area contributed by atoms with E-state index in [0.29, 0.717) is 11.3 Å². The molecule has 1 aromatic carbocycles. The highest BCUT2D eigenvalue weighted by Gasteiger charge is 2.31. The highest BCUT2D eigenvalue weighted by atomic mass is 32.2. The van der Waals surface area contributed by atoms with Crippen LogP contribution in [-0.4, -0.2) is 28.0 Å². The number of carbonyl (C=O) groups excluding carboxylic acids is 1. The molecule has 1 heterocycles. The van der Waals surface area contributed by atoms with Crippen molar-refractivity contribution in [2.75, 3.05) is 5.75 Å². The molecule has 0 saturated heterocycles. The highest BCUT2D eigenvalue weighted by molar-refractivity contribution is 8.16. The van der Waals surface area contributed by atoms with Crippen molar-refractivity contribution in [1.29, 1.82) is 0 Å². The summed E-state index contributed by atoms with van der Waals surface area (Å²) in [7, 11) is 0. The van der Waals surface area contributed by atoms with Crippen LogP contribution in [0.25, 0.3) is 0 Å². The number of thioether (sulfide) groups is 1. The van der Waals surface area contributed by atoms with Crippen molar-refractivity contribution in [2.45, 2.75) is 26.4 Å². The lowest BCUT2D eigenvalue weighted by Crippen LogP contribution is -2.20. The summed E-state index contributed by atoms with van der Waals surface area (Å²) in [5.74, 6) is 0.844. The quantitative estimate of drug-likeness (QED) is 0.783. The van der Waals surface area contributed by atoms with E-state index in [-0.39, 0.29) is 5.78 Å². The number of nitrogens with zero attached hydrogens (tertiary/aromatic N) is 2. The molecular weight excluding hydrogens is 244 g/mol. The van der Waals surface area contributed by atoms with Gasteiger partial charge in [-0.2, -0.15) is 0 Å². The number of hydrogen-bond acceptors (Lipinski definition) is 4. The number of rotatable bonds is 3. The molecule has 1 aromatic rings. The Morgan fingerprint density at radius 1 is 1.22 bits per heavy atom. The van der Waals surface area contributed by atoms with E-state index >= 15 is 0 Å².